The highest BCUT2D eigenvalue weighted by molar-refractivity contribution is 5.55. The summed E-state index contributed by atoms with van der Waals surface area (Å²) in [5, 5.41) is 10.7. The van der Waals surface area contributed by atoms with Crippen LogP contribution >= 0.6 is 0 Å². The Labute approximate surface area is 73.7 Å². The summed E-state index contributed by atoms with van der Waals surface area (Å²) >= 11 is 0. The average molecular weight is 174 g/mol. The summed E-state index contributed by atoms with van der Waals surface area (Å²) in [5.41, 5.74) is 1.05. The maximum atomic E-state index is 4.09. The normalized spacial score (nSPS) is 12.9. The number of hydrogen-bond acceptors (Lipinski definition) is 5. The van der Waals surface area contributed by atoms with E-state index >= 15 is 0 Å². The Morgan fingerprint density at radius 1 is 1.46 bits per heavy atom. The van der Waals surface area contributed by atoms with Crippen LogP contribution in [-0.2, 0) is 6.54 Å². The van der Waals surface area contributed by atoms with Gasteiger partial charge in [0.05, 0.1) is 6.54 Å². The zero-order valence-corrected chi connectivity index (χ0v) is 6.68. The lowest BCUT2D eigenvalue weighted by Crippen LogP contribution is -2.13. The number of rotatable bonds is 0. The van der Waals surface area contributed by atoms with Gasteiger partial charge in [-0.3, -0.25) is 4.57 Å². The molecule has 0 atom stereocenters. The molecule has 3 rings (SSSR count). The Kier molecular flexibility index (Phi) is 1.13. The van der Waals surface area contributed by atoms with E-state index in [0.29, 0.717) is 0 Å². The van der Waals surface area contributed by atoms with E-state index in [-0.39, 0.29) is 0 Å². The number of aromatic nitrogens is 5. The van der Waals surface area contributed by atoms with Gasteiger partial charge >= 0.3 is 0 Å². The van der Waals surface area contributed by atoms with E-state index in [1.165, 1.54) is 6.33 Å². The zero-order valence-electron chi connectivity index (χ0n) is 6.68. The summed E-state index contributed by atoms with van der Waals surface area (Å²) < 4.78 is 1.91. The van der Waals surface area contributed by atoms with E-state index in [9.17, 15) is 0 Å². The SMILES string of the molecule is c1ncc2c(n1)Nc1nncn1C2. The van der Waals surface area contributed by atoms with E-state index in [2.05, 4.69) is 25.5 Å². The van der Waals surface area contributed by atoms with Crippen LogP contribution < -0.4 is 5.32 Å². The zero-order chi connectivity index (χ0) is 8.67. The second kappa shape index (κ2) is 2.25. The van der Waals surface area contributed by atoms with E-state index in [1.807, 2.05) is 4.57 Å². The van der Waals surface area contributed by atoms with Crippen LogP contribution in [0.25, 0.3) is 0 Å². The lowest BCUT2D eigenvalue weighted by Gasteiger charge is -2.16. The van der Waals surface area contributed by atoms with Gasteiger partial charge in [0.25, 0.3) is 0 Å². The molecule has 0 radical (unpaired) electrons. The molecule has 0 saturated carbocycles. The van der Waals surface area contributed by atoms with Crippen LogP contribution in [-0.4, -0.2) is 24.7 Å². The van der Waals surface area contributed by atoms with Gasteiger partial charge in [0, 0.05) is 11.8 Å². The Morgan fingerprint density at radius 2 is 2.46 bits per heavy atom. The van der Waals surface area contributed by atoms with Crippen molar-refractivity contribution in [1.82, 2.24) is 24.7 Å². The summed E-state index contributed by atoms with van der Waals surface area (Å²) in [6.45, 7) is 0.728. The van der Waals surface area contributed by atoms with Gasteiger partial charge in [-0.15, -0.1) is 10.2 Å². The van der Waals surface area contributed by atoms with Crippen molar-refractivity contribution < 1.29 is 0 Å². The molecule has 6 heteroatoms. The van der Waals surface area contributed by atoms with Crippen molar-refractivity contribution >= 4 is 11.8 Å². The highest BCUT2D eigenvalue weighted by atomic mass is 15.4. The highest BCUT2D eigenvalue weighted by Gasteiger charge is 2.15. The summed E-state index contributed by atoms with van der Waals surface area (Å²) in [5.74, 6) is 1.54. The van der Waals surface area contributed by atoms with Gasteiger partial charge < -0.3 is 5.32 Å². The molecule has 0 bridgehead atoms. The standard InChI is InChI=1S/C7H6N6/c1-5-2-13-4-10-12-7(13)11-6(5)9-3-8-1/h1,3-4H,2H2,(H,8,9,11,12). The Balaban J connectivity index is 2.14. The first kappa shape index (κ1) is 6.53. The molecule has 64 valence electrons. The molecule has 1 N–H and O–H groups in total. The molecular formula is C7H6N6. The van der Waals surface area contributed by atoms with E-state index < -0.39 is 0 Å². The lowest BCUT2D eigenvalue weighted by atomic mass is 10.3. The third-order valence-corrected chi connectivity index (χ3v) is 1.97. The van der Waals surface area contributed by atoms with Crippen LogP contribution in [0.2, 0.25) is 0 Å². The van der Waals surface area contributed by atoms with E-state index in [1.54, 1.807) is 12.5 Å². The average Bonchev–Trinajstić information content (AvgIpc) is 2.61. The fourth-order valence-electron chi connectivity index (χ4n) is 1.34. The fraction of sp³-hybridized carbons (Fsp3) is 0.143. The summed E-state index contributed by atoms with van der Waals surface area (Å²) in [4.78, 5) is 8.04. The third kappa shape index (κ3) is 0.883. The molecule has 2 aromatic rings. The van der Waals surface area contributed by atoms with Gasteiger partial charge in [-0.2, -0.15) is 0 Å². The predicted molar refractivity (Wildman–Crippen MR) is 44.4 cm³/mol. The molecule has 2 aromatic heterocycles. The van der Waals surface area contributed by atoms with Crippen LogP contribution in [0.1, 0.15) is 5.56 Å². The maximum absolute atomic E-state index is 4.09. The van der Waals surface area contributed by atoms with Crippen molar-refractivity contribution in [1.29, 1.82) is 0 Å². The van der Waals surface area contributed by atoms with Crippen molar-refractivity contribution in [3.8, 4) is 0 Å². The van der Waals surface area contributed by atoms with Crippen LogP contribution in [0.5, 0.6) is 0 Å². The fourth-order valence-corrected chi connectivity index (χ4v) is 1.34. The summed E-state index contributed by atoms with van der Waals surface area (Å²) in [6, 6.07) is 0. The second-order valence-corrected chi connectivity index (χ2v) is 2.80. The largest absolute Gasteiger partial charge is 0.308 e. The summed E-state index contributed by atoms with van der Waals surface area (Å²) in [6.07, 6.45) is 4.98. The Hall–Kier alpha value is -1.98. The minimum Gasteiger partial charge on any atom is -0.308 e. The number of fused-ring (bicyclic) bond motifs is 2. The molecule has 0 unspecified atom stereocenters. The molecule has 0 aliphatic carbocycles. The van der Waals surface area contributed by atoms with Crippen molar-refractivity contribution in [2.75, 3.05) is 5.32 Å². The van der Waals surface area contributed by atoms with Gasteiger partial charge in [0.15, 0.2) is 0 Å². The van der Waals surface area contributed by atoms with Crippen LogP contribution in [0, 0.1) is 0 Å². The number of hydrogen-bond donors (Lipinski definition) is 1. The van der Waals surface area contributed by atoms with Gasteiger partial charge in [0.1, 0.15) is 18.5 Å². The first-order valence-corrected chi connectivity index (χ1v) is 3.87. The van der Waals surface area contributed by atoms with Gasteiger partial charge in [-0.1, -0.05) is 0 Å². The first-order chi connectivity index (χ1) is 6.43. The van der Waals surface area contributed by atoms with Crippen LogP contribution in [0.4, 0.5) is 11.8 Å². The van der Waals surface area contributed by atoms with Gasteiger partial charge in [-0.05, 0) is 0 Å². The molecular weight excluding hydrogens is 168 g/mol. The molecule has 0 aromatic carbocycles. The highest BCUT2D eigenvalue weighted by Crippen LogP contribution is 2.22. The molecule has 3 heterocycles. The monoisotopic (exact) mass is 174 g/mol. The molecule has 0 spiro atoms. The van der Waals surface area contributed by atoms with Crippen molar-refractivity contribution in [2.45, 2.75) is 6.54 Å². The molecule has 6 nitrogen and oxygen atoms in total. The maximum Gasteiger partial charge on any atom is 0.230 e. The number of anilines is 2. The molecule has 0 amide bonds. The summed E-state index contributed by atoms with van der Waals surface area (Å²) in [7, 11) is 0. The minimum absolute atomic E-state index is 0.728. The van der Waals surface area contributed by atoms with Crippen molar-refractivity contribution in [3.05, 3.63) is 24.4 Å². The number of nitrogens with zero attached hydrogens (tertiary/aromatic N) is 5. The molecule has 0 saturated heterocycles. The Morgan fingerprint density at radius 3 is 3.46 bits per heavy atom. The quantitative estimate of drug-likeness (QED) is 0.526. The smallest absolute Gasteiger partial charge is 0.230 e. The van der Waals surface area contributed by atoms with E-state index in [4.69, 9.17) is 0 Å². The minimum atomic E-state index is 0.728. The lowest BCUT2D eigenvalue weighted by molar-refractivity contribution is 0.775. The first-order valence-electron chi connectivity index (χ1n) is 3.87. The number of nitrogens with one attached hydrogen (secondary N) is 1. The molecule has 13 heavy (non-hydrogen) atoms. The third-order valence-electron chi connectivity index (χ3n) is 1.97. The van der Waals surface area contributed by atoms with Crippen LogP contribution in [0.15, 0.2) is 18.9 Å². The molecule has 1 aliphatic heterocycles. The van der Waals surface area contributed by atoms with Gasteiger partial charge in [-0.25, -0.2) is 9.97 Å². The van der Waals surface area contributed by atoms with E-state index in [0.717, 1.165) is 23.9 Å². The molecule has 0 fully saturated rings. The predicted octanol–water partition coefficient (Wildman–Crippen LogP) is 0.173. The van der Waals surface area contributed by atoms with Crippen molar-refractivity contribution in [2.24, 2.45) is 0 Å². The topological polar surface area (TPSA) is 68.5 Å². The Bertz CT molecular complexity index is 408. The second-order valence-electron chi connectivity index (χ2n) is 2.80. The van der Waals surface area contributed by atoms with Gasteiger partial charge in [0.2, 0.25) is 5.95 Å². The molecule has 1 aliphatic rings. The van der Waals surface area contributed by atoms with Crippen molar-refractivity contribution in [3.63, 3.8) is 0 Å². The van der Waals surface area contributed by atoms with Crippen LogP contribution in [0.3, 0.4) is 0 Å².